The van der Waals surface area contributed by atoms with Crippen LogP contribution in [0.15, 0.2) is 53.7 Å². The SMILES string of the molecule is Cn1nnnc1SC[C@H]1C[C@@H](c2ccc(CO)cc2)O[C@@H](c2ccc(CNC(=O)CCCC(=O)O)cc2)O1. The van der Waals surface area contributed by atoms with Crippen molar-refractivity contribution in [1.29, 1.82) is 0 Å². The third kappa shape index (κ3) is 7.84. The number of tetrazole rings is 1. The summed E-state index contributed by atoms with van der Waals surface area (Å²) in [5.41, 5.74) is 3.61. The number of carboxylic acids is 1. The average molecular weight is 542 g/mol. The first-order chi connectivity index (χ1) is 18.4. The molecular weight excluding hydrogens is 510 g/mol. The van der Waals surface area contributed by atoms with E-state index < -0.39 is 12.3 Å². The number of aliphatic carboxylic acids is 1. The number of rotatable bonds is 12. The zero-order valence-electron chi connectivity index (χ0n) is 21.0. The number of aryl methyl sites for hydroxylation is 1. The summed E-state index contributed by atoms with van der Waals surface area (Å²) in [5, 5.41) is 33.2. The quantitative estimate of drug-likeness (QED) is 0.292. The van der Waals surface area contributed by atoms with E-state index in [9.17, 15) is 14.7 Å². The smallest absolute Gasteiger partial charge is 0.303 e. The zero-order valence-corrected chi connectivity index (χ0v) is 21.8. The van der Waals surface area contributed by atoms with Crippen molar-refractivity contribution in [3.63, 3.8) is 0 Å². The minimum absolute atomic E-state index is 0.0162. The van der Waals surface area contributed by atoms with Crippen LogP contribution in [0.1, 0.15) is 60.3 Å². The molecule has 1 aliphatic rings. The molecule has 0 bridgehead atoms. The molecule has 4 rings (SSSR count). The molecule has 3 atom stereocenters. The van der Waals surface area contributed by atoms with E-state index in [0.717, 1.165) is 22.3 Å². The van der Waals surface area contributed by atoms with E-state index >= 15 is 0 Å². The fourth-order valence-corrected chi connectivity index (χ4v) is 4.88. The van der Waals surface area contributed by atoms with Crippen LogP contribution in [0.3, 0.4) is 0 Å². The predicted octanol–water partition coefficient (Wildman–Crippen LogP) is 2.91. The highest BCUT2D eigenvalue weighted by atomic mass is 32.2. The molecule has 0 saturated carbocycles. The molecule has 1 amide bonds. The first kappa shape index (κ1) is 27.7. The van der Waals surface area contributed by atoms with Crippen molar-refractivity contribution in [2.45, 2.75) is 62.5 Å². The Balaban J connectivity index is 1.40. The number of ether oxygens (including phenoxy) is 2. The van der Waals surface area contributed by atoms with Crippen LogP contribution in [0.4, 0.5) is 0 Å². The number of carbonyl (C=O) groups excluding carboxylic acids is 1. The lowest BCUT2D eigenvalue weighted by Crippen LogP contribution is -2.31. The molecule has 11 nitrogen and oxygen atoms in total. The van der Waals surface area contributed by atoms with E-state index in [1.807, 2.05) is 48.5 Å². The van der Waals surface area contributed by atoms with E-state index in [-0.39, 0.29) is 37.6 Å². The summed E-state index contributed by atoms with van der Waals surface area (Å²) in [5.74, 6) is -0.440. The second kappa shape index (κ2) is 13.5. The Morgan fingerprint density at radius 2 is 1.76 bits per heavy atom. The largest absolute Gasteiger partial charge is 0.481 e. The van der Waals surface area contributed by atoms with E-state index in [1.54, 1.807) is 11.7 Å². The van der Waals surface area contributed by atoms with Gasteiger partial charge < -0.3 is 25.0 Å². The molecule has 0 radical (unpaired) electrons. The van der Waals surface area contributed by atoms with Gasteiger partial charge in [-0.1, -0.05) is 60.3 Å². The average Bonchev–Trinajstić information content (AvgIpc) is 3.35. The van der Waals surface area contributed by atoms with Crippen molar-refractivity contribution in [2.24, 2.45) is 7.05 Å². The van der Waals surface area contributed by atoms with E-state index in [1.165, 1.54) is 11.8 Å². The molecule has 0 spiro atoms. The number of carbonyl (C=O) groups is 2. The number of nitrogens with one attached hydrogen (secondary N) is 1. The number of carboxylic acid groups (broad SMARTS) is 1. The third-order valence-electron chi connectivity index (χ3n) is 6.13. The summed E-state index contributed by atoms with van der Waals surface area (Å²) in [7, 11) is 1.79. The van der Waals surface area contributed by atoms with Crippen LogP contribution < -0.4 is 5.32 Å². The topological polar surface area (TPSA) is 149 Å². The van der Waals surface area contributed by atoms with Crippen molar-refractivity contribution in [3.8, 4) is 0 Å². The van der Waals surface area contributed by atoms with Gasteiger partial charge in [0.05, 0.1) is 18.8 Å². The molecule has 1 saturated heterocycles. The highest BCUT2D eigenvalue weighted by molar-refractivity contribution is 7.99. The first-order valence-corrected chi connectivity index (χ1v) is 13.3. The van der Waals surface area contributed by atoms with Gasteiger partial charge in [-0.15, -0.1) is 5.10 Å². The Kier molecular flexibility index (Phi) is 9.82. The van der Waals surface area contributed by atoms with Crippen LogP contribution in [0.5, 0.6) is 0 Å². The molecule has 202 valence electrons. The maximum absolute atomic E-state index is 12.0. The van der Waals surface area contributed by atoms with Gasteiger partial charge >= 0.3 is 5.97 Å². The molecule has 0 aliphatic carbocycles. The molecule has 3 aromatic rings. The lowest BCUT2D eigenvalue weighted by atomic mass is 10.0. The lowest BCUT2D eigenvalue weighted by molar-refractivity contribution is -0.245. The number of hydrogen-bond acceptors (Lipinski definition) is 9. The molecule has 0 unspecified atom stereocenters. The minimum Gasteiger partial charge on any atom is -0.481 e. The van der Waals surface area contributed by atoms with Crippen LogP contribution in [-0.2, 0) is 39.3 Å². The maximum atomic E-state index is 12.0. The molecular formula is C26H31N5O6S. The Morgan fingerprint density at radius 1 is 1.05 bits per heavy atom. The summed E-state index contributed by atoms with van der Waals surface area (Å²) in [4.78, 5) is 22.6. The molecule has 1 fully saturated rings. The third-order valence-corrected chi connectivity index (χ3v) is 7.27. The van der Waals surface area contributed by atoms with Crippen LogP contribution in [0.25, 0.3) is 0 Å². The number of thioether (sulfide) groups is 1. The number of nitrogens with zero attached hydrogens (tertiary/aromatic N) is 4. The first-order valence-electron chi connectivity index (χ1n) is 12.3. The molecule has 1 aliphatic heterocycles. The molecule has 2 heterocycles. The fraction of sp³-hybridized carbons (Fsp3) is 0.423. The summed E-state index contributed by atoms with van der Waals surface area (Å²) in [6.07, 6.45) is 0.210. The van der Waals surface area contributed by atoms with Gasteiger partial charge in [-0.3, -0.25) is 9.59 Å². The van der Waals surface area contributed by atoms with Gasteiger partial charge in [-0.2, -0.15) is 0 Å². The Bertz CT molecular complexity index is 1200. The van der Waals surface area contributed by atoms with Gasteiger partial charge in [-0.05, 0) is 33.5 Å². The number of aliphatic hydroxyl groups is 1. The number of hydrogen-bond donors (Lipinski definition) is 3. The van der Waals surface area contributed by atoms with Crippen molar-refractivity contribution in [1.82, 2.24) is 25.5 Å². The number of amides is 1. The molecule has 3 N–H and O–H groups in total. The second-order valence-corrected chi connectivity index (χ2v) is 10.00. The van der Waals surface area contributed by atoms with Crippen LogP contribution >= 0.6 is 11.8 Å². The molecule has 2 aromatic carbocycles. The highest BCUT2D eigenvalue weighted by Crippen LogP contribution is 2.39. The Hall–Kier alpha value is -3.32. The van der Waals surface area contributed by atoms with Crippen LogP contribution in [-0.4, -0.2) is 54.2 Å². The number of aliphatic hydroxyl groups excluding tert-OH is 1. The maximum Gasteiger partial charge on any atom is 0.303 e. The van der Waals surface area contributed by atoms with Crippen molar-refractivity contribution >= 4 is 23.6 Å². The molecule has 1 aromatic heterocycles. The van der Waals surface area contributed by atoms with Crippen molar-refractivity contribution in [3.05, 3.63) is 70.8 Å². The molecule has 38 heavy (non-hydrogen) atoms. The predicted molar refractivity (Wildman–Crippen MR) is 138 cm³/mol. The van der Waals surface area contributed by atoms with Gasteiger partial charge in [0, 0.05) is 44.2 Å². The summed E-state index contributed by atoms with van der Waals surface area (Å²) >= 11 is 1.52. The fourth-order valence-electron chi connectivity index (χ4n) is 4.02. The van der Waals surface area contributed by atoms with Gasteiger partial charge in [0.1, 0.15) is 0 Å². The van der Waals surface area contributed by atoms with Gasteiger partial charge in [0.25, 0.3) is 0 Å². The van der Waals surface area contributed by atoms with Gasteiger partial charge in [0.2, 0.25) is 11.1 Å². The van der Waals surface area contributed by atoms with Crippen molar-refractivity contribution < 1.29 is 29.3 Å². The van der Waals surface area contributed by atoms with E-state index in [2.05, 4.69) is 20.8 Å². The summed E-state index contributed by atoms with van der Waals surface area (Å²) in [6.45, 7) is 0.334. The Labute approximate surface area is 224 Å². The zero-order chi connectivity index (χ0) is 26.9. The second-order valence-electron chi connectivity index (χ2n) is 9.01. The molecule has 12 heteroatoms. The van der Waals surface area contributed by atoms with Gasteiger partial charge in [0.15, 0.2) is 6.29 Å². The van der Waals surface area contributed by atoms with Crippen LogP contribution in [0, 0.1) is 0 Å². The van der Waals surface area contributed by atoms with Crippen molar-refractivity contribution in [2.75, 3.05) is 5.75 Å². The normalized spacial score (nSPS) is 19.3. The minimum atomic E-state index is -0.906. The van der Waals surface area contributed by atoms with Gasteiger partial charge in [-0.25, -0.2) is 4.68 Å². The Morgan fingerprint density at radius 3 is 2.42 bits per heavy atom. The van der Waals surface area contributed by atoms with Crippen LogP contribution in [0.2, 0.25) is 0 Å². The monoisotopic (exact) mass is 541 g/mol. The van der Waals surface area contributed by atoms with E-state index in [4.69, 9.17) is 14.6 Å². The summed E-state index contributed by atoms with van der Waals surface area (Å²) < 4.78 is 14.3. The number of benzene rings is 2. The standard InChI is InChI=1S/C26H31N5O6S/c1-31-26(28-29-30-31)38-16-21-13-22(19-9-7-18(15-32)8-10-19)37-25(36-21)20-11-5-17(6-12-20)14-27-23(33)3-2-4-24(34)35/h5-12,21-22,25,32H,2-4,13-16H2,1H3,(H,27,33)(H,34,35)/t21-,22+,25+/m1/s1. The summed E-state index contributed by atoms with van der Waals surface area (Å²) in [6, 6.07) is 15.4. The van der Waals surface area contributed by atoms with E-state index in [0.29, 0.717) is 30.3 Å². The lowest BCUT2D eigenvalue weighted by Gasteiger charge is -2.36. The number of aromatic nitrogens is 4. The highest BCUT2D eigenvalue weighted by Gasteiger charge is 2.32.